The summed E-state index contributed by atoms with van der Waals surface area (Å²) in [5.74, 6) is -0.0997. The lowest BCUT2D eigenvalue weighted by molar-refractivity contribution is 0.0733. The van der Waals surface area contributed by atoms with Crippen LogP contribution in [-0.4, -0.2) is 32.8 Å². The maximum atomic E-state index is 12.4. The van der Waals surface area contributed by atoms with E-state index in [4.69, 9.17) is 4.74 Å². The lowest BCUT2D eigenvalue weighted by atomic mass is 10.1. The van der Waals surface area contributed by atoms with Crippen molar-refractivity contribution in [2.24, 2.45) is 0 Å². The number of esters is 1. The predicted molar refractivity (Wildman–Crippen MR) is 92.9 cm³/mol. The third-order valence-electron chi connectivity index (χ3n) is 3.82. The first-order valence-electron chi connectivity index (χ1n) is 7.45. The van der Waals surface area contributed by atoms with Crippen LogP contribution >= 0.6 is 0 Å². The molecule has 24 heavy (non-hydrogen) atoms. The minimum Gasteiger partial charge on any atom is -0.423 e. The zero-order valence-corrected chi connectivity index (χ0v) is 15.3. The number of rotatable bonds is 4. The normalized spacial score (nSPS) is 11.6. The van der Waals surface area contributed by atoms with E-state index in [0.29, 0.717) is 5.75 Å². The first-order chi connectivity index (χ1) is 11.1. The SMILES string of the molecule is Cc1cc(C)c(C)c(OC(=O)c2cccc(S(=O)(=O)N(C)C)c2)c1. The highest BCUT2D eigenvalue weighted by molar-refractivity contribution is 7.89. The number of carbonyl (C=O) groups excluding carboxylic acids is 1. The molecule has 0 fully saturated rings. The van der Waals surface area contributed by atoms with Crippen LogP contribution in [0.4, 0.5) is 0 Å². The number of carbonyl (C=O) groups is 1. The van der Waals surface area contributed by atoms with Gasteiger partial charge >= 0.3 is 5.97 Å². The zero-order chi connectivity index (χ0) is 18.1. The highest BCUT2D eigenvalue weighted by atomic mass is 32.2. The van der Waals surface area contributed by atoms with E-state index in [1.165, 1.54) is 38.4 Å². The molecule has 0 atom stereocenters. The average Bonchev–Trinajstić information content (AvgIpc) is 2.52. The van der Waals surface area contributed by atoms with Gasteiger partial charge in [-0.15, -0.1) is 0 Å². The lowest BCUT2D eigenvalue weighted by Gasteiger charge is -2.13. The van der Waals surface area contributed by atoms with Gasteiger partial charge in [0.1, 0.15) is 5.75 Å². The quantitative estimate of drug-likeness (QED) is 0.630. The minimum atomic E-state index is -3.60. The molecule has 2 aromatic rings. The molecular formula is C18H21NO4S. The summed E-state index contributed by atoms with van der Waals surface area (Å²) in [6, 6.07) is 9.65. The standard InChI is InChI=1S/C18H21NO4S/c1-12-9-13(2)14(3)17(10-12)23-18(20)15-7-6-8-16(11-15)24(21,22)19(4)5/h6-11H,1-5H3. The van der Waals surface area contributed by atoms with Crippen LogP contribution in [0, 0.1) is 20.8 Å². The van der Waals surface area contributed by atoms with E-state index >= 15 is 0 Å². The van der Waals surface area contributed by atoms with Gasteiger partial charge in [0.25, 0.3) is 0 Å². The highest BCUT2D eigenvalue weighted by Crippen LogP contribution is 2.24. The molecule has 0 aliphatic carbocycles. The largest absolute Gasteiger partial charge is 0.423 e. The Kier molecular flexibility index (Phi) is 5.11. The second kappa shape index (κ2) is 6.75. The molecular weight excluding hydrogens is 326 g/mol. The van der Waals surface area contributed by atoms with Crippen LogP contribution in [0.3, 0.4) is 0 Å². The first-order valence-corrected chi connectivity index (χ1v) is 8.89. The Balaban J connectivity index is 2.35. The number of hydrogen-bond acceptors (Lipinski definition) is 4. The van der Waals surface area contributed by atoms with Crippen LogP contribution in [0.15, 0.2) is 41.3 Å². The molecule has 0 saturated carbocycles. The Morgan fingerprint density at radius 2 is 1.71 bits per heavy atom. The molecule has 0 N–H and O–H groups in total. The third kappa shape index (κ3) is 3.66. The number of benzene rings is 2. The molecule has 0 spiro atoms. The molecule has 128 valence electrons. The van der Waals surface area contributed by atoms with E-state index in [1.54, 1.807) is 6.07 Å². The van der Waals surface area contributed by atoms with Crippen molar-refractivity contribution in [3.8, 4) is 5.75 Å². The zero-order valence-electron chi connectivity index (χ0n) is 14.5. The number of nitrogens with zero attached hydrogens (tertiary/aromatic N) is 1. The first kappa shape index (κ1) is 18.2. The summed E-state index contributed by atoms with van der Waals surface area (Å²) < 4.78 is 30.9. The van der Waals surface area contributed by atoms with Crippen molar-refractivity contribution < 1.29 is 17.9 Å². The van der Waals surface area contributed by atoms with Gasteiger partial charge in [0.05, 0.1) is 10.5 Å². The van der Waals surface area contributed by atoms with Gasteiger partial charge in [0, 0.05) is 14.1 Å². The van der Waals surface area contributed by atoms with E-state index in [1.807, 2.05) is 26.8 Å². The van der Waals surface area contributed by atoms with E-state index in [-0.39, 0.29) is 10.5 Å². The van der Waals surface area contributed by atoms with Crippen LogP contribution in [0.1, 0.15) is 27.0 Å². The topological polar surface area (TPSA) is 63.7 Å². The van der Waals surface area contributed by atoms with Crippen molar-refractivity contribution in [2.75, 3.05) is 14.1 Å². The summed E-state index contributed by atoms with van der Waals surface area (Å²) in [4.78, 5) is 12.5. The Hall–Kier alpha value is -2.18. The summed E-state index contributed by atoms with van der Waals surface area (Å²) >= 11 is 0. The van der Waals surface area contributed by atoms with Crippen molar-refractivity contribution in [3.63, 3.8) is 0 Å². The summed E-state index contributed by atoms with van der Waals surface area (Å²) in [6.45, 7) is 5.75. The number of aryl methyl sites for hydroxylation is 2. The van der Waals surface area contributed by atoms with Crippen LogP contribution in [0.5, 0.6) is 5.75 Å². The Morgan fingerprint density at radius 3 is 2.33 bits per heavy atom. The summed E-state index contributed by atoms with van der Waals surface area (Å²) in [5, 5.41) is 0. The van der Waals surface area contributed by atoms with Gasteiger partial charge in [-0.05, 0) is 61.7 Å². The van der Waals surface area contributed by atoms with Gasteiger partial charge < -0.3 is 4.74 Å². The molecule has 0 bridgehead atoms. The molecule has 0 aliphatic rings. The average molecular weight is 347 g/mol. The summed E-state index contributed by atoms with van der Waals surface area (Å²) in [7, 11) is -0.714. The molecule has 5 nitrogen and oxygen atoms in total. The Morgan fingerprint density at radius 1 is 1.04 bits per heavy atom. The summed E-state index contributed by atoms with van der Waals surface area (Å²) in [5.41, 5.74) is 3.09. The van der Waals surface area contributed by atoms with Gasteiger partial charge in [-0.3, -0.25) is 0 Å². The van der Waals surface area contributed by atoms with Crippen molar-refractivity contribution in [3.05, 3.63) is 58.7 Å². The predicted octanol–water partition coefficient (Wildman–Crippen LogP) is 3.08. The van der Waals surface area contributed by atoms with Crippen LogP contribution < -0.4 is 4.74 Å². The highest BCUT2D eigenvalue weighted by Gasteiger charge is 2.20. The molecule has 6 heteroatoms. The molecule has 2 aromatic carbocycles. The lowest BCUT2D eigenvalue weighted by Crippen LogP contribution is -2.22. The van der Waals surface area contributed by atoms with Crippen molar-refractivity contribution in [2.45, 2.75) is 25.7 Å². The van der Waals surface area contributed by atoms with E-state index in [9.17, 15) is 13.2 Å². The van der Waals surface area contributed by atoms with Crippen LogP contribution in [0.2, 0.25) is 0 Å². The van der Waals surface area contributed by atoms with Crippen molar-refractivity contribution >= 4 is 16.0 Å². The minimum absolute atomic E-state index is 0.0547. The maximum Gasteiger partial charge on any atom is 0.343 e. The maximum absolute atomic E-state index is 12.4. The number of sulfonamides is 1. The van der Waals surface area contributed by atoms with E-state index in [0.717, 1.165) is 21.0 Å². The van der Waals surface area contributed by atoms with Gasteiger partial charge in [-0.1, -0.05) is 12.1 Å². The molecule has 0 unspecified atom stereocenters. The molecule has 0 saturated heterocycles. The van der Waals surface area contributed by atoms with Crippen LogP contribution in [-0.2, 0) is 10.0 Å². The van der Waals surface area contributed by atoms with Gasteiger partial charge in [0.15, 0.2) is 0 Å². The third-order valence-corrected chi connectivity index (χ3v) is 5.63. The summed E-state index contributed by atoms with van der Waals surface area (Å²) in [6.07, 6.45) is 0. The fourth-order valence-electron chi connectivity index (χ4n) is 2.26. The number of ether oxygens (including phenoxy) is 1. The van der Waals surface area contributed by atoms with E-state index in [2.05, 4.69) is 0 Å². The number of hydrogen-bond donors (Lipinski definition) is 0. The van der Waals surface area contributed by atoms with Gasteiger partial charge in [-0.25, -0.2) is 17.5 Å². The van der Waals surface area contributed by atoms with Gasteiger partial charge in [-0.2, -0.15) is 0 Å². The fraction of sp³-hybridized carbons (Fsp3) is 0.278. The second-order valence-corrected chi connectivity index (χ2v) is 8.06. The molecule has 0 radical (unpaired) electrons. The van der Waals surface area contributed by atoms with Gasteiger partial charge in [0.2, 0.25) is 10.0 Å². The van der Waals surface area contributed by atoms with Crippen LogP contribution in [0.25, 0.3) is 0 Å². The molecule has 2 rings (SSSR count). The second-order valence-electron chi connectivity index (χ2n) is 5.91. The Bertz CT molecular complexity index is 886. The fourth-order valence-corrected chi connectivity index (χ4v) is 3.21. The Labute approximate surface area is 142 Å². The smallest absolute Gasteiger partial charge is 0.343 e. The van der Waals surface area contributed by atoms with Crippen molar-refractivity contribution in [1.29, 1.82) is 0 Å². The monoisotopic (exact) mass is 347 g/mol. The molecule has 0 aliphatic heterocycles. The molecule has 0 aromatic heterocycles. The van der Waals surface area contributed by atoms with E-state index < -0.39 is 16.0 Å². The van der Waals surface area contributed by atoms with Crippen molar-refractivity contribution in [1.82, 2.24) is 4.31 Å². The molecule has 0 amide bonds. The molecule has 0 heterocycles.